The number of hydrogen-bond donors (Lipinski definition) is 0. The lowest BCUT2D eigenvalue weighted by Crippen LogP contribution is -1.96. The maximum Gasteiger partial charge on any atom is 0.145 e. The van der Waals surface area contributed by atoms with E-state index in [-0.39, 0.29) is 0 Å². The van der Waals surface area contributed by atoms with Crippen LogP contribution < -0.4 is 0 Å². The van der Waals surface area contributed by atoms with Gasteiger partial charge in [0.05, 0.1) is 38.5 Å². The second-order valence-corrected chi connectivity index (χ2v) is 24.5. The number of halogens is 1. The molecule has 428 valence electrons. The molecule has 0 N–H and O–H groups in total. The van der Waals surface area contributed by atoms with Crippen molar-refractivity contribution in [1.29, 1.82) is 0 Å². The number of furan rings is 2. The maximum atomic E-state index is 6.53. The van der Waals surface area contributed by atoms with Crippen LogP contribution in [0.25, 0.3) is 160 Å². The number of para-hydroxylation sites is 5. The van der Waals surface area contributed by atoms with Crippen molar-refractivity contribution in [2.45, 2.75) is 6.42 Å². The van der Waals surface area contributed by atoms with Gasteiger partial charge in [0.25, 0.3) is 0 Å². The first-order valence-electron chi connectivity index (χ1n) is 31.0. The van der Waals surface area contributed by atoms with Gasteiger partial charge in [-0.25, -0.2) is 0 Å². The second kappa shape index (κ2) is 21.4. The summed E-state index contributed by atoms with van der Waals surface area (Å²) in [5.41, 5.74) is 24.7. The molecule has 14 aromatic carbocycles. The van der Waals surface area contributed by atoms with E-state index in [9.17, 15) is 0 Å². The molecule has 0 spiro atoms. The molecule has 0 atom stereocenters. The highest BCUT2D eigenvalue weighted by Gasteiger charge is 2.24. The van der Waals surface area contributed by atoms with Crippen LogP contribution in [-0.4, -0.2) is 13.7 Å². The first kappa shape index (κ1) is 52.7. The summed E-state index contributed by atoms with van der Waals surface area (Å²) in [4.78, 5) is 0. The molecule has 0 unspecified atom stereocenters. The molecule has 20 rings (SSSR count). The highest BCUT2D eigenvalue weighted by molar-refractivity contribution is 9.10. The maximum absolute atomic E-state index is 6.53. The summed E-state index contributed by atoms with van der Waals surface area (Å²) < 4.78 is 20.9. The molecule has 6 heteroatoms. The Kier molecular flexibility index (Phi) is 12.4. The summed E-state index contributed by atoms with van der Waals surface area (Å²) in [7, 11) is 0. The predicted octanol–water partition coefficient (Wildman–Crippen LogP) is 23.8. The van der Waals surface area contributed by atoms with Crippen LogP contribution in [0.2, 0.25) is 0 Å². The third kappa shape index (κ3) is 8.66. The third-order valence-electron chi connectivity index (χ3n) is 18.5. The van der Waals surface area contributed by atoms with Crippen LogP contribution in [-0.2, 0) is 6.42 Å². The first-order chi connectivity index (χ1) is 45.1. The highest BCUT2D eigenvalue weighted by Crippen LogP contribution is 2.46. The Morgan fingerprint density at radius 2 is 0.703 bits per heavy atom. The lowest BCUT2D eigenvalue weighted by atomic mass is 10.0. The Hall–Kier alpha value is -11.4. The standard InChI is InChI=1S/C42H26N2O.C24H16BrN.C19H12O/c1-2-11-27(12-3-1)28-13-10-14-29(25-28)43-36-18-7-4-15-31(36)35-26-30(21-23-38(35)43)44-37-19-8-5-17-34(37)41-39(44)24-22-33-32-16-6-9-20-40(32)45-42(33)41;25-19-13-14-24-22(16-19)21-11-4-5-12-23(21)26(24)20-10-6-9-18(15-20)17-7-2-1-3-8-17;1-2-6-14-12(5-1)11-13-9-10-16-15-7-3-4-8-17(15)20-19(16)18(13)14/h1-26H;1-16H;1-10H,11H2. The average Bonchev–Trinajstić information content (AvgIpc) is 1.59. The van der Waals surface area contributed by atoms with Crippen molar-refractivity contribution in [2.24, 2.45) is 0 Å². The number of fused-ring (bicyclic) bond motifs is 20. The van der Waals surface area contributed by atoms with Crippen molar-refractivity contribution in [3.05, 3.63) is 331 Å². The molecular formula is C85H54BrN3O2. The van der Waals surface area contributed by atoms with Gasteiger partial charge in [0, 0.05) is 75.6 Å². The average molecular weight is 1230 g/mol. The molecule has 1 aliphatic carbocycles. The van der Waals surface area contributed by atoms with Gasteiger partial charge in [-0.15, -0.1) is 0 Å². The smallest absolute Gasteiger partial charge is 0.145 e. The molecule has 0 saturated heterocycles. The molecule has 1 aliphatic rings. The van der Waals surface area contributed by atoms with Crippen LogP contribution in [0.3, 0.4) is 0 Å². The fourth-order valence-corrected chi connectivity index (χ4v) is 14.8. The third-order valence-corrected chi connectivity index (χ3v) is 18.9. The summed E-state index contributed by atoms with van der Waals surface area (Å²) in [5, 5.41) is 12.1. The molecule has 91 heavy (non-hydrogen) atoms. The monoisotopic (exact) mass is 1230 g/mol. The zero-order valence-corrected chi connectivity index (χ0v) is 50.9. The molecule has 0 radical (unpaired) electrons. The van der Waals surface area contributed by atoms with Gasteiger partial charge >= 0.3 is 0 Å². The molecule has 5 heterocycles. The van der Waals surface area contributed by atoms with E-state index < -0.39 is 0 Å². The molecule has 5 aromatic heterocycles. The molecule has 0 aliphatic heterocycles. The van der Waals surface area contributed by atoms with Gasteiger partial charge < -0.3 is 22.5 Å². The van der Waals surface area contributed by atoms with Gasteiger partial charge in [-0.3, -0.25) is 0 Å². The minimum absolute atomic E-state index is 0.919. The van der Waals surface area contributed by atoms with Crippen LogP contribution in [0.1, 0.15) is 11.1 Å². The lowest BCUT2D eigenvalue weighted by Gasteiger charge is -2.11. The van der Waals surface area contributed by atoms with Crippen LogP contribution in [0.15, 0.2) is 329 Å². The van der Waals surface area contributed by atoms with Crippen molar-refractivity contribution in [3.8, 4) is 50.4 Å². The van der Waals surface area contributed by atoms with E-state index in [0.717, 1.165) is 66.3 Å². The van der Waals surface area contributed by atoms with Crippen molar-refractivity contribution in [1.82, 2.24) is 13.7 Å². The highest BCUT2D eigenvalue weighted by atomic mass is 79.9. The summed E-state index contributed by atoms with van der Waals surface area (Å²) >= 11 is 3.62. The van der Waals surface area contributed by atoms with Crippen molar-refractivity contribution < 1.29 is 8.83 Å². The Bertz CT molecular complexity index is 6080. The summed E-state index contributed by atoms with van der Waals surface area (Å²) in [6, 6.07) is 112. The molecule has 0 saturated carbocycles. The van der Waals surface area contributed by atoms with Crippen molar-refractivity contribution in [2.75, 3.05) is 0 Å². The number of nitrogens with zero attached hydrogens (tertiary/aromatic N) is 3. The van der Waals surface area contributed by atoms with E-state index in [1.165, 1.54) is 115 Å². The molecule has 5 nitrogen and oxygen atoms in total. The van der Waals surface area contributed by atoms with Gasteiger partial charge in [0.15, 0.2) is 0 Å². The summed E-state index contributed by atoms with van der Waals surface area (Å²) in [6.45, 7) is 0. The van der Waals surface area contributed by atoms with E-state index >= 15 is 0 Å². The second-order valence-electron chi connectivity index (χ2n) is 23.6. The van der Waals surface area contributed by atoms with E-state index in [0.29, 0.717) is 0 Å². The summed E-state index contributed by atoms with van der Waals surface area (Å²) in [6.07, 6.45) is 1.01. The number of benzene rings is 14. The minimum Gasteiger partial charge on any atom is -0.455 e. The Labute approximate surface area is 532 Å². The van der Waals surface area contributed by atoms with E-state index in [1.54, 1.807) is 0 Å². The minimum atomic E-state index is 0.919. The number of rotatable bonds is 5. The number of aromatic nitrogens is 3. The first-order valence-corrected chi connectivity index (χ1v) is 31.7. The van der Waals surface area contributed by atoms with Gasteiger partial charge in [-0.1, -0.05) is 228 Å². The Balaban J connectivity index is 0.000000112. The lowest BCUT2D eigenvalue weighted by molar-refractivity contribution is 0.670. The predicted molar refractivity (Wildman–Crippen MR) is 384 cm³/mol. The SMILES string of the molecule is Brc1ccc2c(c1)c1ccccc1n2-c1cccc(-c2ccccc2)c1.c1ccc(-c2cccc(-n3c4ccccc4c4cc(-n5c6ccccc6c6c7oc8ccccc8c7ccc65)ccc43)c2)cc1.c1ccc2c(c1)Cc1ccc3c(oc4ccccc43)c1-2. The zero-order chi connectivity index (χ0) is 60.1. The van der Waals surface area contributed by atoms with E-state index in [4.69, 9.17) is 8.83 Å². The number of hydrogen-bond acceptors (Lipinski definition) is 2. The van der Waals surface area contributed by atoms with Gasteiger partial charge in [0.2, 0.25) is 0 Å². The van der Waals surface area contributed by atoms with Gasteiger partial charge in [0.1, 0.15) is 22.3 Å². The van der Waals surface area contributed by atoms with Crippen LogP contribution in [0.4, 0.5) is 0 Å². The van der Waals surface area contributed by atoms with Crippen LogP contribution in [0.5, 0.6) is 0 Å². The quantitative estimate of drug-likeness (QED) is 0.172. The fourth-order valence-electron chi connectivity index (χ4n) is 14.4. The molecule has 0 amide bonds. The van der Waals surface area contributed by atoms with E-state index in [1.807, 2.05) is 18.2 Å². The fraction of sp³-hybridized carbons (Fsp3) is 0.0118. The van der Waals surface area contributed by atoms with E-state index in [2.05, 4.69) is 327 Å². The van der Waals surface area contributed by atoms with Crippen molar-refractivity contribution in [3.63, 3.8) is 0 Å². The normalized spacial score (nSPS) is 12.0. The topological polar surface area (TPSA) is 41.1 Å². The van der Waals surface area contributed by atoms with Crippen molar-refractivity contribution >= 4 is 125 Å². The summed E-state index contributed by atoms with van der Waals surface area (Å²) in [5.74, 6) is 0. The molecule has 0 bridgehead atoms. The zero-order valence-electron chi connectivity index (χ0n) is 49.3. The molecule has 0 fully saturated rings. The molecular weight excluding hydrogens is 1170 g/mol. The largest absolute Gasteiger partial charge is 0.455 e. The molecule has 19 aromatic rings. The Morgan fingerprint density at radius 1 is 0.264 bits per heavy atom. The van der Waals surface area contributed by atoms with Crippen LogP contribution >= 0.6 is 15.9 Å². The van der Waals surface area contributed by atoms with Gasteiger partial charge in [-0.2, -0.15) is 0 Å². The van der Waals surface area contributed by atoms with Crippen LogP contribution in [0, 0.1) is 0 Å². The Morgan fingerprint density at radius 3 is 1.34 bits per heavy atom. The van der Waals surface area contributed by atoms with Gasteiger partial charge in [-0.05, 0) is 148 Å².